The van der Waals surface area contributed by atoms with Crippen molar-refractivity contribution in [3.05, 3.63) is 77.4 Å². The highest BCUT2D eigenvalue weighted by Crippen LogP contribution is 2.15. The van der Waals surface area contributed by atoms with E-state index in [0.29, 0.717) is 24.3 Å². The summed E-state index contributed by atoms with van der Waals surface area (Å²) in [7, 11) is 1.62. The van der Waals surface area contributed by atoms with Crippen molar-refractivity contribution in [1.29, 1.82) is 0 Å². The molecule has 7 heteroatoms. The van der Waals surface area contributed by atoms with E-state index < -0.39 is 0 Å². The Bertz CT molecular complexity index is 978. The van der Waals surface area contributed by atoms with Crippen molar-refractivity contribution in [3.8, 4) is 5.75 Å². The molecule has 144 valence electrons. The molecule has 0 radical (unpaired) electrons. The molecule has 1 heterocycles. The van der Waals surface area contributed by atoms with Crippen LogP contribution in [0.15, 0.2) is 54.6 Å². The molecule has 0 aliphatic heterocycles. The summed E-state index contributed by atoms with van der Waals surface area (Å²) in [6, 6.07) is 15.3. The van der Waals surface area contributed by atoms with E-state index in [2.05, 4.69) is 20.6 Å². The Balaban J connectivity index is 1.63. The summed E-state index contributed by atoms with van der Waals surface area (Å²) in [5, 5.41) is 5.77. The molecule has 2 N–H and O–H groups in total. The lowest BCUT2D eigenvalue weighted by atomic mass is 10.1. The molecule has 3 aromatic rings. The second-order valence-corrected chi connectivity index (χ2v) is 6.21. The Morgan fingerprint density at radius 2 is 1.93 bits per heavy atom. The van der Waals surface area contributed by atoms with E-state index in [1.54, 1.807) is 32.2 Å². The van der Waals surface area contributed by atoms with Gasteiger partial charge in [0.05, 0.1) is 7.11 Å². The van der Waals surface area contributed by atoms with Gasteiger partial charge in [-0.1, -0.05) is 18.2 Å². The zero-order valence-electron chi connectivity index (χ0n) is 15.7. The molecule has 28 heavy (non-hydrogen) atoms. The Hall–Kier alpha value is -3.48. The van der Waals surface area contributed by atoms with Gasteiger partial charge in [0, 0.05) is 17.9 Å². The minimum Gasteiger partial charge on any atom is -0.497 e. The summed E-state index contributed by atoms with van der Waals surface area (Å²) >= 11 is 0. The molecule has 0 fully saturated rings. The highest BCUT2D eigenvalue weighted by atomic mass is 19.1. The lowest BCUT2D eigenvalue weighted by Gasteiger charge is -2.09. The van der Waals surface area contributed by atoms with Crippen molar-refractivity contribution in [3.63, 3.8) is 0 Å². The zero-order valence-corrected chi connectivity index (χ0v) is 15.7. The van der Waals surface area contributed by atoms with Crippen LogP contribution in [0.25, 0.3) is 0 Å². The number of methoxy groups -OCH3 is 1. The molecule has 0 unspecified atom stereocenters. The number of nitrogens with zero attached hydrogens (tertiary/aromatic N) is 2. The molecule has 1 aromatic heterocycles. The van der Waals surface area contributed by atoms with Gasteiger partial charge in [-0.2, -0.15) is 0 Å². The Kier molecular flexibility index (Phi) is 6.16. The summed E-state index contributed by atoms with van der Waals surface area (Å²) < 4.78 is 18.5. The third-order valence-corrected chi connectivity index (χ3v) is 4.00. The minimum atomic E-state index is -0.367. The number of nitrogens with one attached hydrogen (secondary N) is 2. The summed E-state index contributed by atoms with van der Waals surface area (Å²) in [5.41, 5.74) is 2.45. The molecule has 1 amide bonds. The van der Waals surface area contributed by atoms with Gasteiger partial charge in [-0.15, -0.1) is 0 Å². The topological polar surface area (TPSA) is 76.1 Å². The quantitative estimate of drug-likeness (QED) is 0.654. The summed E-state index contributed by atoms with van der Waals surface area (Å²) in [6.07, 6.45) is 0.668. The number of carbonyl (C=O) groups excluding carboxylic acids is 1. The van der Waals surface area contributed by atoms with Crippen LogP contribution < -0.4 is 15.4 Å². The number of aryl methyl sites for hydroxylation is 1. The van der Waals surface area contributed by atoms with Gasteiger partial charge >= 0.3 is 0 Å². The first-order valence-electron chi connectivity index (χ1n) is 8.83. The van der Waals surface area contributed by atoms with Crippen molar-refractivity contribution in [2.45, 2.75) is 13.3 Å². The van der Waals surface area contributed by atoms with Gasteiger partial charge in [0.1, 0.15) is 17.3 Å². The lowest BCUT2D eigenvalue weighted by molar-refractivity contribution is 0.0949. The van der Waals surface area contributed by atoms with Gasteiger partial charge in [-0.25, -0.2) is 14.4 Å². The van der Waals surface area contributed by atoms with Crippen LogP contribution in [0.1, 0.15) is 21.7 Å². The molecule has 0 bridgehead atoms. The highest BCUT2D eigenvalue weighted by Gasteiger charge is 2.11. The fourth-order valence-electron chi connectivity index (χ4n) is 2.68. The fraction of sp³-hybridized carbons (Fsp3) is 0.190. The van der Waals surface area contributed by atoms with Crippen molar-refractivity contribution < 1.29 is 13.9 Å². The standard InChI is InChI=1S/C21H21FN4O2/c1-14-11-19(26-21(24-14)25-17-7-4-6-16(22)13-17)20(27)23-10-9-15-5-3-8-18(12-15)28-2/h3-8,11-13H,9-10H2,1-2H3,(H,23,27)(H,24,25,26). The van der Waals surface area contributed by atoms with Gasteiger partial charge in [0.2, 0.25) is 5.95 Å². The second kappa shape index (κ2) is 8.94. The minimum absolute atomic E-state index is 0.239. The van der Waals surface area contributed by atoms with Crippen molar-refractivity contribution in [1.82, 2.24) is 15.3 Å². The second-order valence-electron chi connectivity index (χ2n) is 6.21. The van der Waals surface area contributed by atoms with E-state index in [4.69, 9.17) is 4.74 Å². The number of hydrogen-bond donors (Lipinski definition) is 2. The van der Waals surface area contributed by atoms with Crippen LogP contribution in [0, 0.1) is 12.7 Å². The van der Waals surface area contributed by atoms with E-state index in [1.165, 1.54) is 12.1 Å². The number of ether oxygens (including phenoxy) is 1. The number of aromatic nitrogens is 2. The fourth-order valence-corrected chi connectivity index (χ4v) is 2.68. The van der Waals surface area contributed by atoms with E-state index in [0.717, 1.165) is 11.3 Å². The smallest absolute Gasteiger partial charge is 0.270 e. The number of halogens is 1. The largest absolute Gasteiger partial charge is 0.497 e. The van der Waals surface area contributed by atoms with Crippen LogP contribution in [-0.2, 0) is 6.42 Å². The van der Waals surface area contributed by atoms with Crippen LogP contribution in [0.5, 0.6) is 5.75 Å². The number of amides is 1. The van der Waals surface area contributed by atoms with Gasteiger partial charge in [-0.3, -0.25) is 4.79 Å². The van der Waals surface area contributed by atoms with E-state index >= 15 is 0 Å². The number of anilines is 2. The lowest BCUT2D eigenvalue weighted by Crippen LogP contribution is -2.27. The molecule has 0 aliphatic carbocycles. The highest BCUT2D eigenvalue weighted by molar-refractivity contribution is 5.92. The third kappa shape index (κ3) is 5.26. The number of hydrogen-bond acceptors (Lipinski definition) is 5. The van der Waals surface area contributed by atoms with Crippen LogP contribution in [0.4, 0.5) is 16.0 Å². The van der Waals surface area contributed by atoms with Crippen LogP contribution in [0.2, 0.25) is 0 Å². The molecule has 3 rings (SSSR count). The molecule has 6 nitrogen and oxygen atoms in total. The normalized spacial score (nSPS) is 10.4. The zero-order chi connectivity index (χ0) is 19.9. The average Bonchev–Trinajstić information content (AvgIpc) is 2.67. The van der Waals surface area contributed by atoms with Gasteiger partial charge in [0.25, 0.3) is 5.91 Å². The Morgan fingerprint density at radius 3 is 2.71 bits per heavy atom. The molecule has 2 aromatic carbocycles. The first-order chi connectivity index (χ1) is 13.5. The first kappa shape index (κ1) is 19.3. The van der Waals surface area contributed by atoms with Crippen molar-refractivity contribution in [2.75, 3.05) is 19.0 Å². The number of benzene rings is 2. The first-order valence-corrected chi connectivity index (χ1v) is 8.83. The Labute approximate surface area is 162 Å². The van der Waals surface area contributed by atoms with Crippen LogP contribution >= 0.6 is 0 Å². The van der Waals surface area contributed by atoms with E-state index in [1.807, 2.05) is 24.3 Å². The molecular formula is C21H21FN4O2. The van der Waals surface area contributed by atoms with Crippen LogP contribution in [-0.4, -0.2) is 29.5 Å². The van der Waals surface area contributed by atoms with E-state index in [9.17, 15) is 9.18 Å². The van der Waals surface area contributed by atoms with Gasteiger partial charge in [-0.05, 0) is 55.3 Å². The van der Waals surface area contributed by atoms with E-state index in [-0.39, 0.29) is 23.4 Å². The number of rotatable bonds is 7. The SMILES string of the molecule is COc1cccc(CCNC(=O)c2cc(C)nc(Nc3cccc(F)c3)n2)c1. The molecular weight excluding hydrogens is 359 g/mol. The molecule has 0 saturated carbocycles. The summed E-state index contributed by atoms with van der Waals surface area (Å²) in [4.78, 5) is 20.9. The van der Waals surface area contributed by atoms with Gasteiger partial charge < -0.3 is 15.4 Å². The maximum Gasteiger partial charge on any atom is 0.270 e. The average molecular weight is 380 g/mol. The predicted molar refractivity (Wildman–Crippen MR) is 105 cm³/mol. The summed E-state index contributed by atoms with van der Waals surface area (Å²) in [5.74, 6) is 0.357. The van der Waals surface area contributed by atoms with Crippen molar-refractivity contribution in [2.24, 2.45) is 0 Å². The molecule has 0 spiro atoms. The molecule has 0 atom stereocenters. The van der Waals surface area contributed by atoms with Crippen molar-refractivity contribution >= 4 is 17.5 Å². The van der Waals surface area contributed by atoms with Gasteiger partial charge in [0.15, 0.2) is 0 Å². The van der Waals surface area contributed by atoms with Crippen LogP contribution in [0.3, 0.4) is 0 Å². The third-order valence-electron chi connectivity index (χ3n) is 4.00. The number of carbonyl (C=O) groups is 1. The molecule has 0 aliphatic rings. The maximum absolute atomic E-state index is 13.3. The monoisotopic (exact) mass is 380 g/mol. The Morgan fingerprint density at radius 1 is 1.11 bits per heavy atom. The summed E-state index contributed by atoms with van der Waals surface area (Å²) in [6.45, 7) is 2.23. The maximum atomic E-state index is 13.3. The predicted octanol–water partition coefficient (Wildman–Crippen LogP) is 3.65. The molecule has 0 saturated heterocycles.